The van der Waals surface area contributed by atoms with Gasteiger partial charge in [0.05, 0.1) is 6.61 Å². The van der Waals surface area contributed by atoms with Crippen molar-refractivity contribution in [3.8, 4) is 5.75 Å². The van der Waals surface area contributed by atoms with Gasteiger partial charge in [0.15, 0.2) is 0 Å². The highest BCUT2D eigenvalue weighted by atomic mass is 16.7. The van der Waals surface area contributed by atoms with Crippen molar-refractivity contribution in [2.75, 3.05) is 19.7 Å². The Labute approximate surface area is 200 Å². The van der Waals surface area contributed by atoms with E-state index in [-0.39, 0.29) is 0 Å². The molecular formula is C26H38N2O6. The molecule has 34 heavy (non-hydrogen) atoms. The molecule has 1 aromatic heterocycles. The normalized spacial score (nSPS) is 38.9. The molecule has 0 spiro atoms. The summed E-state index contributed by atoms with van der Waals surface area (Å²) in [5, 5.41) is 41.0. The molecule has 188 valence electrons. The minimum absolute atomic E-state index is 0.471. The first kappa shape index (κ1) is 24.0. The van der Waals surface area contributed by atoms with Crippen molar-refractivity contribution in [2.45, 2.75) is 82.7 Å². The molecule has 3 aliphatic rings. The topological polar surface area (TPSA) is 118 Å². The third-order valence-electron chi connectivity index (χ3n) is 8.29. The molecule has 0 amide bonds. The Balaban J connectivity index is 1.47. The molecule has 8 nitrogen and oxygen atoms in total. The molecule has 0 radical (unpaired) electrons. The van der Waals surface area contributed by atoms with E-state index in [1.54, 1.807) is 0 Å². The van der Waals surface area contributed by atoms with E-state index in [4.69, 9.17) is 9.47 Å². The molecule has 1 aromatic carbocycles. The number of nitrogens with zero attached hydrogens (tertiary/aromatic N) is 1. The zero-order valence-electron chi connectivity index (χ0n) is 20.2. The monoisotopic (exact) mass is 474 g/mol. The first-order valence-corrected chi connectivity index (χ1v) is 12.7. The van der Waals surface area contributed by atoms with Crippen LogP contribution >= 0.6 is 0 Å². The van der Waals surface area contributed by atoms with Gasteiger partial charge in [-0.2, -0.15) is 0 Å². The Morgan fingerprint density at radius 3 is 2.74 bits per heavy atom. The van der Waals surface area contributed by atoms with E-state index in [1.165, 1.54) is 24.1 Å². The van der Waals surface area contributed by atoms with E-state index in [0.29, 0.717) is 29.5 Å². The molecule has 2 unspecified atom stereocenters. The van der Waals surface area contributed by atoms with E-state index in [1.807, 2.05) is 18.2 Å². The Bertz CT molecular complexity index is 1010. The van der Waals surface area contributed by atoms with Crippen LogP contribution in [0.2, 0.25) is 0 Å². The molecule has 2 bridgehead atoms. The highest BCUT2D eigenvalue weighted by molar-refractivity contribution is 5.86. The lowest BCUT2D eigenvalue weighted by atomic mass is 9.76. The Hall–Kier alpha value is -1.68. The van der Waals surface area contributed by atoms with Crippen LogP contribution in [0.1, 0.15) is 50.8 Å². The van der Waals surface area contributed by atoms with Crippen molar-refractivity contribution < 1.29 is 29.9 Å². The van der Waals surface area contributed by atoms with Crippen molar-refractivity contribution in [3.05, 3.63) is 29.5 Å². The average Bonchev–Trinajstić information content (AvgIpc) is 3.15. The molecular weight excluding hydrogens is 436 g/mol. The standard InChI is InChI=1S/C26H38N2O6/c1-4-14(3)22-18-9-13(2)11-28(22)8-7-16-17-10-15(5-6-19(17)27-21(16)18)33-26-25(32)24(31)23(30)20(12-29)34-26/h5-6,10,13-14,18,20,22-27,29-32H,4,7-9,11-12H2,1-3H3/t13-,14+,18-,20+,22?,23+,24-,25+,26-/m0/s1. The number of benzene rings is 1. The predicted molar refractivity (Wildman–Crippen MR) is 128 cm³/mol. The van der Waals surface area contributed by atoms with Gasteiger partial charge in [0.2, 0.25) is 6.29 Å². The molecule has 2 aromatic rings. The predicted octanol–water partition coefficient (Wildman–Crippen LogP) is 1.74. The molecule has 5 N–H and O–H groups in total. The van der Waals surface area contributed by atoms with Crippen LogP contribution in [0.15, 0.2) is 18.2 Å². The van der Waals surface area contributed by atoms with Crippen LogP contribution in [-0.2, 0) is 11.2 Å². The van der Waals surface area contributed by atoms with E-state index < -0.39 is 37.3 Å². The number of nitrogens with one attached hydrogen (secondary N) is 1. The second-order valence-electron chi connectivity index (χ2n) is 10.6. The number of hydrogen-bond donors (Lipinski definition) is 5. The van der Waals surface area contributed by atoms with Gasteiger partial charge < -0.3 is 34.9 Å². The number of aromatic nitrogens is 1. The van der Waals surface area contributed by atoms with Gasteiger partial charge in [0.25, 0.3) is 0 Å². The molecule has 5 rings (SSSR count). The highest BCUT2D eigenvalue weighted by Crippen LogP contribution is 2.44. The summed E-state index contributed by atoms with van der Waals surface area (Å²) in [6, 6.07) is 6.33. The fourth-order valence-electron chi connectivity index (χ4n) is 6.41. The molecule has 2 saturated heterocycles. The van der Waals surface area contributed by atoms with Gasteiger partial charge >= 0.3 is 0 Å². The molecule has 3 aliphatic heterocycles. The number of fused-ring (bicyclic) bond motifs is 6. The maximum atomic E-state index is 10.4. The summed E-state index contributed by atoms with van der Waals surface area (Å²) >= 11 is 0. The average molecular weight is 475 g/mol. The number of H-pyrrole nitrogens is 1. The van der Waals surface area contributed by atoms with Crippen LogP contribution in [-0.4, -0.2) is 86.8 Å². The summed E-state index contributed by atoms with van der Waals surface area (Å²) < 4.78 is 11.5. The van der Waals surface area contributed by atoms with Crippen LogP contribution in [0.4, 0.5) is 0 Å². The molecule has 8 heteroatoms. The number of aromatic amines is 1. The smallest absolute Gasteiger partial charge is 0.229 e. The zero-order valence-corrected chi connectivity index (χ0v) is 20.2. The maximum Gasteiger partial charge on any atom is 0.229 e. The summed E-state index contributed by atoms with van der Waals surface area (Å²) in [5.74, 6) is 2.27. The quantitative estimate of drug-likeness (QED) is 0.448. The Morgan fingerprint density at radius 1 is 1.21 bits per heavy atom. The Morgan fingerprint density at radius 2 is 2.00 bits per heavy atom. The lowest BCUT2D eigenvalue weighted by Gasteiger charge is -2.45. The largest absolute Gasteiger partial charge is 0.462 e. The number of rotatable bonds is 5. The van der Waals surface area contributed by atoms with Gasteiger partial charge in [-0.3, -0.25) is 4.90 Å². The summed E-state index contributed by atoms with van der Waals surface area (Å²) in [5.41, 5.74) is 3.75. The third kappa shape index (κ3) is 4.04. The maximum absolute atomic E-state index is 10.4. The fourth-order valence-corrected chi connectivity index (χ4v) is 6.41. The van der Waals surface area contributed by atoms with Crippen LogP contribution in [0.25, 0.3) is 10.9 Å². The van der Waals surface area contributed by atoms with E-state index >= 15 is 0 Å². The van der Waals surface area contributed by atoms with Crippen molar-refractivity contribution in [1.82, 2.24) is 9.88 Å². The first-order chi connectivity index (χ1) is 16.3. The number of aliphatic hydroxyl groups is 4. The van der Waals surface area contributed by atoms with Gasteiger partial charge in [-0.15, -0.1) is 0 Å². The lowest BCUT2D eigenvalue weighted by molar-refractivity contribution is -0.277. The summed E-state index contributed by atoms with van der Waals surface area (Å²) in [6.45, 7) is 8.72. The second-order valence-corrected chi connectivity index (χ2v) is 10.6. The molecule has 2 fully saturated rings. The third-order valence-corrected chi connectivity index (χ3v) is 8.29. The SMILES string of the molecule is CC[C@@H](C)C1[C@H]2C[C@H](C)CN1CCc1c2[nH]c2ccc(O[C@H]3O[C@H](CO)[C@@H](O)[C@H](O)[C@H]3O)cc12. The van der Waals surface area contributed by atoms with Gasteiger partial charge in [-0.1, -0.05) is 27.2 Å². The van der Waals surface area contributed by atoms with Crippen molar-refractivity contribution in [1.29, 1.82) is 0 Å². The van der Waals surface area contributed by atoms with Gasteiger partial charge in [0, 0.05) is 41.6 Å². The van der Waals surface area contributed by atoms with Crippen molar-refractivity contribution in [3.63, 3.8) is 0 Å². The number of ether oxygens (including phenoxy) is 2. The van der Waals surface area contributed by atoms with Gasteiger partial charge in [0.1, 0.15) is 30.2 Å². The van der Waals surface area contributed by atoms with Crippen molar-refractivity contribution >= 4 is 10.9 Å². The fraction of sp³-hybridized carbons (Fsp3) is 0.692. The van der Waals surface area contributed by atoms with Crippen LogP contribution < -0.4 is 4.74 Å². The first-order valence-electron chi connectivity index (χ1n) is 12.7. The minimum Gasteiger partial charge on any atom is -0.462 e. The highest BCUT2D eigenvalue weighted by Gasteiger charge is 2.45. The number of aliphatic hydroxyl groups excluding tert-OH is 4. The second kappa shape index (κ2) is 9.41. The molecule has 4 heterocycles. The number of hydrogen-bond acceptors (Lipinski definition) is 7. The molecule has 0 saturated carbocycles. The lowest BCUT2D eigenvalue weighted by Crippen LogP contribution is -2.60. The van der Waals surface area contributed by atoms with Crippen LogP contribution in [0.5, 0.6) is 5.75 Å². The molecule has 10 atom stereocenters. The van der Waals surface area contributed by atoms with E-state index in [2.05, 4.69) is 30.7 Å². The summed E-state index contributed by atoms with van der Waals surface area (Å²) in [6.07, 6.45) is -3.17. The Kier molecular flexibility index (Phi) is 6.65. The van der Waals surface area contributed by atoms with E-state index in [0.717, 1.165) is 30.4 Å². The summed E-state index contributed by atoms with van der Waals surface area (Å²) in [7, 11) is 0. The molecule has 0 aliphatic carbocycles. The van der Waals surface area contributed by atoms with Crippen LogP contribution in [0.3, 0.4) is 0 Å². The van der Waals surface area contributed by atoms with Gasteiger partial charge in [-0.25, -0.2) is 0 Å². The van der Waals surface area contributed by atoms with Crippen molar-refractivity contribution in [2.24, 2.45) is 11.8 Å². The van der Waals surface area contributed by atoms with E-state index in [9.17, 15) is 20.4 Å². The van der Waals surface area contributed by atoms with Gasteiger partial charge in [-0.05, 0) is 48.4 Å². The van der Waals surface area contributed by atoms with Crippen LogP contribution in [0, 0.1) is 11.8 Å². The summed E-state index contributed by atoms with van der Waals surface area (Å²) in [4.78, 5) is 6.44. The zero-order chi connectivity index (χ0) is 24.1. The minimum atomic E-state index is -1.46. The number of piperidine rings is 1.